The van der Waals surface area contributed by atoms with Gasteiger partial charge in [-0.3, -0.25) is 0 Å². The van der Waals surface area contributed by atoms with Crippen molar-refractivity contribution in [3.63, 3.8) is 0 Å². The Morgan fingerprint density at radius 2 is 1.50 bits per heavy atom. The van der Waals surface area contributed by atoms with Crippen LogP contribution in [0.4, 0.5) is 0 Å². The number of nitrogens with one attached hydrogen (secondary N) is 1. The van der Waals surface area contributed by atoms with Crippen molar-refractivity contribution in [3.05, 3.63) is 0 Å². The van der Waals surface area contributed by atoms with Gasteiger partial charge in [0.2, 0.25) is 0 Å². The van der Waals surface area contributed by atoms with Crippen LogP contribution in [0.15, 0.2) is 0 Å². The molecule has 0 aromatic heterocycles. The Morgan fingerprint density at radius 3 is 2.07 bits per heavy atom. The third-order valence-electron chi connectivity index (χ3n) is 3.07. The molecule has 0 fully saturated rings. The van der Waals surface area contributed by atoms with Crippen LogP contribution in [0, 0.1) is 5.92 Å². The molecule has 0 rings (SSSR count). The second kappa shape index (κ2) is 11.0. The normalized spacial score (nSPS) is 13.1. The molecule has 0 radical (unpaired) electrons. The first kappa shape index (κ1) is 14.0. The van der Waals surface area contributed by atoms with Gasteiger partial charge in [0.1, 0.15) is 0 Å². The molecular formula is C13H29N. The smallest absolute Gasteiger partial charge is 0.00519 e. The van der Waals surface area contributed by atoms with Gasteiger partial charge in [0.25, 0.3) is 0 Å². The van der Waals surface area contributed by atoms with Crippen molar-refractivity contribution in [3.8, 4) is 0 Å². The van der Waals surface area contributed by atoms with Crippen LogP contribution in [-0.4, -0.2) is 13.6 Å². The Bertz CT molecular complexity index is 101. The van der Waals surface area contributed by atoms with Gasteiger partial charge in [-0.15, -0.1) is 0 Å². The summed E-state index contributed by atoms with van der Waals surface area (Å²) in [6.07, 6.45) is 11.3. The summed E-state index contributed by atoms with van der Waals surface area (Å²) in [6, 6.07) is 0. The third-order valence-corrected chi connectivity index (χ3v) is 3.07. The number of hydrogen-bond acceptors (Lipinski definition) is 1. The molecule has 86 valence electrons. The summed E-state index contributed by atoms with van der Waals surface area (Å²) < 4.78 is 0. The minimum atomic E-state index is 0.944. The first-order valence-electron chi connectivity index (χ1n) is 6.45. The molecule has 1 unspecified atom stereocenters. The Labute approximate surface area is 90.7 Å². The average molecular weight is 199 g/mol. The van der Waals surface area contributed by atoms with E-state index in [-0.39, 0.29) is 0 Å². The fourth-order valence-electron chi connectivity index (χ4n) is 1.71. The van der Waals surface area contributed by atoms with Crippen LogP contribution >= 0.6 is 0 Å². The van der Waals surface area contributed by atoms with Crippen LogP contribution < -0.4 is 5.32 Å². The summed E-state index contributed by atoms with van der Waals surface area (Å²) in [7, 11) is 2.03. The van der Waals surface area contributed by atoms with E-state index in [9.17, 15) is 0 Å². The maximum absolute atomic E-state index is 3.19. The Morgan fingerprint density at radius 1 is 0.929 bits per heavy atom. The molecule has 1 atom stereocenters. The molecule has 0 amide bonds. The number of hydrogen-bond donors (Lipinski definition) is 1. The fourth-order valence-corrected chi connectivity index (χ4v) is 1.71. The van der Waals surface area contributed by atoms with E-state index in [1.54, 1.807) is 0 Å². The summed E-state index contributed by atoms with van der Waals surface area (Å²) in [5, 5.41) is 3.19. The van der Waals surface area contributed by atoms with Crippen molar-refractivity contribution in [2.45, 2.75) is 65.2 Å². The Balaban J connectivity index is 2.92. The summed E-state index contributed by atoms with van der Waals surface area (Å²) in [5.74, 6) is 0.944. The van der Waals surface area contributed by atoms with Gasteiger partial charge in [-0.25, -0.2) is 0 Å². The molecule has 0 aromatic carbocycles. The van der Waals surface area contributed by atoms with Crippen molar-refractivity contribution in [1.29, 1.82) is 0 Å². The van der Waals surface area contributed by atoms with Gasteiger partial charge in [0.15, 0.2) is 0 Å². The minimum Gasteiger partial charge on any atom is -0.320 e. The van der Waals surface area contributed by atoms with Crippen molar-refractivity contribution >= 4 is 0 Å². The van der Waals surface area contributed by atoms with Crippen molar-refractivity contribution in [2.24, 2.45) is 5.92 Å². The van der Waals surface area contributed by atoms with Gasteiger partial charge < -0.3 is 5.32 Å². The van der Waals surface area contributed by atoms with Gasteiger partial charge in [-0.1, -0.05) is 58.8 Å². The van der Waals surface area contributed by atoms with Crippen LogP contribution in [0.2, 0.25) is 0 Å². The molecule has 0 aliphatic rings. The third kappa shape index (κ3) is 10.0. The quantitative estimate of drug-likeness (QED) is 0.525. The van der Waals surface area contributed by atoms with Crippen LogP contribution in [-0.2, 0) is 0 Å². The van der Waals surface area contributed by atoms with E-state index < -0.39 is 0 Å². The monoisotopic (exact) mass is 199 g/mol. The number of rotatable bonds is 10. The van der Waals surface area contributed by atoms with Crippen LogP contribution in [0.5, 0.6) is 0 Å². The van der Waals surface area contributed by atoms with E-state index in [1.165, 1.54) is 57.9 Å². The average Bonchev–Trinajstić information content (AvgIpc) is 2.21. The van der Waals surface area contributed by atoms with E-state index in [0.717, 1.165) is 5.92 Å². The molecule has 0 saturated heterocycles. The summed E-state index contributed by atoms with van der Waals surface area (Å²) in [4.78, 5) is 0. The van der Waals surface area contributed by atoms with Crippen LogP contribution in [0.25, 0.3) is 0 Å². The maximum atomic E-state index is 3.19. The lowest BCUT2D eigenvalue weighted by Crippen LogP contribution is -2.06. The Kier molecular flexibility index (Phi) is 11.0. The largest absolute Gasteiger partial charge is 0.320 e. The lowest BCUT2D eigenvalue weighted by molar-refractivity contribution is 0.470. The van der Waals surface area contributed by atoms with Crippen molar-refractivity contribution in [2.75, 3.05) is 13.6 Å². The molecule has 0 aromatic rings. The molecule has 1 heteroatoms. The lowest BCUT2D eigenvalue weighted by Gasteiger charge is -2.07. The van der Waals surface area contributed by atoms with E-state index >= 15 is 0 Å². The van der Waals surface area contributed by atoms with Crippen LogP contribution in [0.1, 0.15) is 65.2 Å². The van der Waals surface area contributed by atoms with Crippen LogP contribution in [0.3, 0.4) is 0 Å². The summed E-state index contributed by atoms with van der Waals surface area (Å²) in [6.45, 7) is 5.85. The molecule has 14 heavy (non-hydrogen) atoms. The highest BCUT2D eigenvalue weighted by molar-refractivity contribution is 4.52. The Hall–Kier alpha value is -0.0400. The minimum absolute atomic E-state index is 0.944. The highest BCUT2D eigenvalue weighted by atomic mass is 14.8. The van der Waals surface area contributed by atoms with Gasteiger partial charge in [0, 0.05) is 0 Å². The topological polar surface area (TPSA) is 12.0 Å². The van der Waals surface area contributed by atoms with Crippen molar-refractivity contribution < 1.29 is 0 Å². The molecule has 0 aliphatic carbocycles. The summed E-state index contributed by atoms with van der Waals surface area (Å²) >= 11 is 0. The molecule has 0 spiro atoms. The maximum Gasteiger partial charge on any atom is -0.00519 e. The van der Waals surface area contributed by atoms with Gasteiger partial charge in [-0.05, 0) is 25.9 Å². The zero-order valence-electron chi connectivity index (χ0n) is 10.4. The van der Waals surface area contributed by atoms with E-state index in [1.807, 2.05) is 7.05 Å². The van der Waals surface area contributed by atoms with Gasteiger partial charge in [0.05, 0.1) is 0 Å². The molecule has 1 nitrogen and oxygen atoms in total. The second-order valence-electron chi connectivity index (χ2n) is 4.53. The molecule has 0 heterocycles. The van der Waals surface area contributed by atoms with E-state index in [0.29, 0.717) is 0 Å². The molecule has 0 bridgehead atoms. The molecule has 0 saturated carbocycles. The summed E-state index contributed by atoms with van der Waals surface area (Å²) in [5.41, 5.74) is 0. The SMILES string of the molecule is CCC(C)CCCCCCCCNC. The highest BCUT2D eigenvalue weighted by Crippen LogP contribution is 2.13. The van der Waals surface area contributed by atoms with E-state index in [4.69, 9.17) is 0 Å². The van der Waals surface area contributed by atoms with Gasteiger partial charge in [-0.2, -0.15) is 0 Å². The van der Waals surface area contributed by atoms with E-state index in [2.05, 4.69) is 19.2 Å². The van der Waals surface area contributed by atoms with Gasteiger partial charge >= 0.3 is 0 Å². The predicted octanol–water partition coefficient (Wildman–Crippen LogP) is 3.98. The standard InChI is InChI=1S/C13H29N/c1-4-13(2)11-9-7-5-6-8-10-12-14-3/h13-14H,4-12H2,1-3H3. The molecule has 1 N–H and O–H groups in total. The lowest BCUT2D eigenvalue weighted by atomic mass is 10.00. The first-order valence-corrected chi connectivity index (χ1v) is 6.45. The zero-order valence-corrected chi connectivity index (χ0v) is 10.4. The predicted molar refractivity (Wildman–Crippen MR) is 65.7 cm³/mol. The highest BCUT2D eigenvalue weighted by Gasteiger charge is 1.97. The molecular weight excluding hydrogens is 170 g/mol. The zero-order chi connectivity index (χ0) is 10.6. The number of unbranched alkanes of at least 4 members (excludes halogenated alkanes) is 5. The first-order chi connectivity index (χ1) is 6.81. The fraction of sp³-hybridized carbons (Fsp3) is 1.00. The molecule has 0 aliphatic heterocycles. The second-order valence-corrected chi connectivity index (χ2v) is 4.53. The van der Waals surface area contributed by atoms with Crippen molar-refractivity contribution in [1.82, 2.24) is 5.32 Å².